The number of halogens is 4. The molecule has 24 heavy (non-hydrogen) atoms. The normalized spacial score (nSPS) is 10.5. The summed E-state index contributed by atoms with van der Waals surface area (Å²) in [6, 6.07) is 8.11. The maximum Gasteiger partial charge on any atom is 0.229 e. The molecule has 0 atom stereocenters. The van der Waals surface area contributed by atoms with E-state index in [2.05, 4.69) is 20.6 Å². The molecule has 0 spiro atoms. The topological polar surface area (TPSA) is 49.8 Å². The van der Waals surface area contributed by atoms with E-state index in [4.69, 9.17) is 0 Å². The Morgan fingerprint density at radius 3 is 1.71 bits per heavy atom. The van der Waals surface area contributed by atoms with Crippen LogP contribution in [0.4, 0.5) is 40.7 Å². The van der Waals surface area contributed by atoms with Crippen molar-refractivity contribution in [2.24, 2.45) is 0 Å². The summed E-state index contributed by atoms with van der Waals surface area (Å²) < 4.78 is 54.5. The summed E-state index contributed by atoms with van der Waals surface area (Å²) in [6.45, 7) is 0. The molecule has 122 valence electrons. The molecule has 0 unspecified atom stereocenters. The van der Waals surface area contributed by atoms with E-state index in [1.807, 2.05) is 0 Å². The summed E-state index contributed by atoms with van der Waals surface area (Å²) >= 11 is 0. The highest BCUT2D eigenvalue weighted by atomic mass is 19.1. The molecule has 0 aliphatic rings. The van der Waals surface area contributed by atoms with Gasteiger partial charge in [-0.15, -0.1) is 0 Å². The molecule has 0 saturated carbocycles. The number of hydrogen-bond donors (Lipinski definition) is 2. The van der Waals surface area contributed by atoms with Crippen LogP contribution in [-0.2, 0) is 0 Å². The third-order valence-corrected chi connectivity index (χ3v) is 3.07. The highest BCUT2D eigenvalue weighted by molar-refractivity contribution is 5.60. The molecule has 1 aromatic heterocycles. The van der Waals surface area contributed by atoms with Crippen molar-refractivity contribution in [3.63, 3.8) is 0 Å². The van der Waals surface area contributed by atoms with Gasteiger partial charge >= 0.3 is 0 Å². The molecule has 2 aromatic carbocycles. The van der Waals surface area contributed by atoms with Crippen LogP contribution in [0.25, 0.3) is 0 Å². The van der Waals surface area contributed by atoms with Gasteiger partial charge in [-0.2, -0.15) is 4.98 Å². The Bertz CT molecular complexity index is 776. The molecule has 0 bridgehead atoms. The van der Waals surface area contributed by atoms with E-state index in [0.29, 0.717) is 0 Å². The second-order valence-corrected chi connectivity index (χ2v) is 4.71. The van der Waals surface area contributed by atoms with Crippen molar-refractivity contribution in [3.8, 4) is 0 Å². The van der Waals surface area contributed by atoms with Crippen molar-refractivity contribution in [2.75, 3.05) is 10.6 Å². The molecular formula is C16H10F4N4. The lowest BCUT2D eigenvalue weighted by molar-refractivity contribution is 0.590. The average Bonchev–Trinajstić information content (AvgIpc) is 2.55. The molecule has 8 heteroatoms. The van der Waals surface area contributed by atoms with Crippen molar-refractivity contribution in [1.29, 1.82) is 0 Å². The van der Waals surface area contributed by atoms with Gasteiger partial charge in [0.1, 0.15) is 40.5 Å². The van der Waals surface area contributed by atoms with Crippen LogP contribution < -0.4 is 10.6 Å². The smallest absolute Gasteiger partial charge is 0.229 e. The third kappa shape index (κ3) is 3.27. The van der Waals surface area contributed by atoms with E-state index in [9.17, 15) is 17.6 Å². The van der Waals surface area contributed by atoms with Gasteiger partial charge < -0.3 is 10.6 Å². The molecule has 0 fully saturated rings. The Kier molecular flexibility index (Phi) is 4.28. The summed E-state index contributed by atoms with van der Waals surface area (Å²) in [5, 5.41) is 4.86. The molecule has 3 aromatic rings. The van der Waals surface area contributed by atoms with E-state index in [0.717, 1.165) is 24.3 Å². The lowest BCUT2D eigenvalue weighted by atomic mass is 10.3. The summed E-state index contributed by atoms with van der Waals surface area (Å²) in [5.74, 6) is -3.34. The van der Waals surface area contributed by atoms with Crippen LogP contribution in [0.5, 0.6) is 0 Å². The first-order valence-corrected chi connectivity index (χ1v) is 6.79. The first-order chi connectivity index (χ1) is 11.5. The van der Waals surface area contributed by atoms with Gasteiger partial charge in [-0.25, -0.2) is 22.5 Å². The Hall–Kier alpha value is -3.16. The zero-order valence-electron chi connectivity index (χ0n) is 12.0. The molecule has 3 rings (SSSR count). The molecule has 2 N–H and O–H groups in total. The Morgan fingerprint density at radius 1 is 0.667 bits per heavy atom. The summed E-state index contributed by atoms with van der Waals surface area (Å²) in [6.07, 6.45) is 1.27. The van der Waals surface area contributed by atoms with Crippen LogP contribution in [0.3, 0.4) is 0 Å². The monoisotopic (exact) mass is 334 g/mol. The minimum atomic E-state index is -0.822. The Balaban J connectivity index is 1.87. The van der Waals surface area contributed by atoms with Gasteiger partial charge in [0.25, 0.3) is 0 Å². The fourth-order valence-corrected chi connectivity index (χ4v) is 1.96. The number of benzene rings is 2. The number of nitrogens with one attached hydrogen (secondary N) is 2. The Labute approximate surface area is 134 Å². The van der Waals surface area contributed by atoms with Gasteiger partial charge in [0, 0.05) is 6.20 Å². The van der Waals surface area contributed by atoms with Crippen molar-refractivity contribution >= 4 is 23.1 Å². The maximum atomic E-state index is 13.6. The highest BCUT2D eigenvalue weighted by Crippen LogP contribution is 2.24. The van der Waals surface area contributed by atoms with E-state index in [-0.39, 0.29) is 17.5 Å². The molecule has 0 aliphatic heterocycles. The predicted molar refractivity (Wildman–Crippen MR) is 81.3 cm³/mol. The molecule has 1 heterocycles. The number of nitrogens with zero attached hydrogens (tertiary/aromatic N) is 2. The second-order valence-electron chi connectivity index (χ2n) is 4.71. The van der Waals surface area contributed by atoms with Crippen LogP contribution >= 0.6 is 0 Å². The number of para-hydroxylation sites is 2. The molecule has 0 radical (unpaired) electrons. The van der Waals surface area contributed by atoms with Crippen molar-refractivity contribution in [3.05, 3.63) is 71.9 Å². The van der Waals surface area contributed by atoms with E-state index in [1.54, 1.807) is 0 Å². The van der Waals surface area contributed by atoms with Gasteiger partial charge in [0.2, 0.25) is 5.95 Å². The van der Waals surface area contributed by atoms with Gasteiger partial charge in [-0.05, 0) is 30.3 Å². The van der Waals surface area contributed by atoms with Gasteiger partial charge in [-0.1, -0.05) is 12.1 Å². The first kappa shape index (κ1) is 15.7. The number of anilines is 4. The third-order valence-electron chi connectivity index (χ3n) is 3.07. The summed E-state index contributed by atoms with van der Waals surface area (Å²) in [5.41, 5.74) is -0.814. The number of hydrogen-bond acceptors (Lipinski definition) is 4. The zero-order chi connectivity index (χ0) is 17.1. The van der Waals surface area contributed by atoms with Crippen LogP contribution in [0, 0.1) is 23.3 Å². The summed E-state index contributed by atoms with van der Waals surface area (Å²) in [4.78, 5) is 7.75. The molecule has 4 nitrogen and oxygen atoms in total. The van der Waals surface area contributed by atoms with Crippen molar-refractivity contribution in [1.82, 2.24) is 9.97 Å². The molecular weight excluding hydrogens is 324 g/mol. The fraction of sp³-hybridized carbons (Fsp3) is 0. The number of rotatable bonds is 4. The van der Waals surface area contributed by atoms with E-state index in [1.165, 1.54) is 24.4 Å². The minimum absolute atomic E-state index is 0.0493. The molecule has 0 aliphatic carbocycles. The van der Waals surface area contributed by atoms with Crippen LogP contribution in [0.2, 0.25) is 0 Å². The van der Waals surface area contributed by atoms with Crippen LogP contribution in [-0.4, -0.2) is 9.97 Å². The molecule has 0 amide bonds. The Morgan fingerprint density at radius 2 is 1.17 bits per heavy atom. The zero-order valence-corrected chi connectivity index (χ0v) is 12.0. The van der Waals surface area contributed by atoms with E-state index >= 15 is 0 Å². The van der Waals surface area contributed by atoms with Crippen molar-refractivity contribution in [2.45, 2.75) is 0 Å². The summed E-state index contributed by atoms with van der Waals surface area (Å²) in [7, 11) is 0. The lowest BCUT2D eigenvalue weighted by Crippen LogP contribution is -2.04. The highest BCUT2D eigenvalue weighted by Gasteiger charge is 2.12. The number of aromatic nitrogens is 2. The molecule has 0 saturated heterocycles. The minimum Gasteiger partial charge on any atom is -0.335 e. The second kappa shape index (κ2) is 6.53. The van der Waals surface area contributed by atoms with Crippen LogP contribution in [0.15, 0.2) is 48.7 Å². The standard InChI is InChI=1S/C16H10F4N4/c17-9-3-1-4-10(18)14(9)22-13-7-8-21-16(23-13)24-15-11(19)5-2-6-12(15)20/h1-8H,(H2,21,22,23,24). The van der Waals surface area contributed by atoms with Gasteiger partial charge in [-0.3, -0.25) is 0 Å². The van der Waals surface area contributed by atoms with E-state index < -0.39 is 29.0 Å². The van der Waals surface area contributed by atoms with Crippen LogP contribution in [0.1, 0.15) is 0 Å². The fourth-order valence-electron chi connectivity index (χ4n) is 1.96. The lowest BCUT2D eigenvalue weighted by Gasteiger charge is -2.10. The largest absolute Gasteiger partial charge is 0.335 e. The predicted octanol–water partition coefficient (Wildman–Crippen LogP) is 4.52. The average molecular weight is 334 g/mol. The first-order valence-electron chi connectivity index (χ1n) is 6.79. The van der Waals surface area contributed by atoms with Gasteiger partial charge in [0.05, 0.1) is 0 Å². The maximum absolute atomic E-state index is 13.6. The van der Waals surface area contributed by atoms with Crippen molar-refractivity contribution < 1.29 is 17.6 Å². The van der Waals surface area contributed by atoms with Gasteiger partial charge in [0.15, 0.2) is 0 Å². The quantitative estimate of drug-likeness (QED) is 0.689. The SMILES string of the molecule is Fc1cccc(F)c1Nc1ccnc(Nc2c(F)cccc2F)n1.